The highest BCUT2D eigenvalue weighted by Crippen LogP contribution is 2.32. The van der Waals surface area contributed by atoms with Crippen LogP contribution in [0.2, 0.25) is 0 Å². The predicted octanol–water partition coefficient (Wildman–Crippen LogP) is 3.30. The second-order valence-corrected chi connectivity index (χ2v) is 5.36. The van der Waals surface area contributed by atoms with Crippen molar-refractivity contribution in [2.24, 2.45) is 5.92 Å². The molecule has 20 heavy (non-hydrogen) atoms. The molecule has 4 nitrogen and oxygen atoms in total. The van der Waals surface area contributed by atoms with Crippen LogP contribution in [0.3, 0.4) is 0 Å². The van der Waals surface area contributed by atoms with Crippen LogP contribution in [0, 0.1) is 12.8 Å². The van der Waals surface area contributed by atoms with Crippen molar-refractivity contribution in [1.29, 1.82) is 0 Å². The summed E-state index contributed by atoms with van der Waals surface area (Å²) >= 11 is 0. The molecule has 0 fully saturated rings. The number of hydrogen-bond acceptors (Lipinski definition) is 3. The van der Waals surface area contributed by atoms with Gasteiger partial charge in [-0.1, -0.05) is 26.0 Å². The molecule has 0 aliphatic rings. The Kier molecular flexibility index (Phi) is 4.79. The number of aromatic nitrogens is 2. The first kappa shape index (κ1) is 14.6. The summed E-state index contributed by atoms with van der Waals surface area (Å²) in [6.07, 6.45) is 1.01. The van der Waals surface area contributed by atoms with Gasteiger partial charge >= 0.3 is 0 Å². The van der Waals surface area contributed by atoms with E-state index in [0.29, 0.717) is 12.5 Å². The lowest BCUT2D eigenvalue weighted by Crippen LogP contribution is -2.02. The Morgan fingerprint density at radius 2 is 2.05 bits per heavy atom. The number of aryl methyl sites for hydroxylation is 1. The molecule has 0 atom stereocenters. The first-order valence-electron chi connectivity index (χ1n) is 7.00. The summed E-state index contributed by atoms with van der Waals surface area (Å²) in [6.45, 7) is 6.92. The van der Waals surface area contributed by atoms with Crippen LogP contribution in [0.15, 0.2) is 24.3 Å². The smallest absolute Gasteiger partial charge is 0.128 e. The first-order valence-corrected chi connectivity index (χ1v) is 7.00. The average molecular weight is 274 g/mol. The molecule has 0 radical (unpaired) electrons. The molecule has 0 spiro atoms. The maximum absolute atomic E-state index is 9.49. The van der Waals surface area contributed by atoms with Crippen LogP contribution < -0.4 is 4.74 Å². The minimum Gasteiger partial charge on any atom is -0.493 e. The first-order chi connectivity index (χ1) is 9.63. The van der Waals surface area contributed by atoms with Crippen LogP contribution in [0.4, 0.5) is 0 Å². The van der Waals surface area contributed by atoms with E-state index in [2.05, 4.69) is 24.0 Å². The third-order valence-corrected chi connectivity index (χ3v) is 3.33. The molecule has 0 unspecified atom stereocenters. The number of aliphatic hydroxyl groups is 1. The van der Waals surface area contributed by atoms with E-state index in [1.165, 1.54) is 0 Å². The lowest BCUT2D eigenvalue weighted by Gasteiger charge is -2.12. The zero-order valence-corrected chi connectivity index (χ0v) is 12.3. The Morgan fingerprint density at radius 3 is 2.75 bits per heavy atom. The number of benzene rings is 1. The van der Waals surface area contributed by atoms with E-state index in [-0.39, 0.29) is 6.61 Å². The van der Waals surface area contributed by atoms with E-state index >= 15 is 0 Å². The highest BCUT2D eigenvalue weighted by atomic mass is 16.5. The second kappa shape index (κ2) is 6.57. The lowest BCUT2D eigenvalue weighted by atomic mass is 10.1. The Labute approximate surface area is 119 Å². The summed E-state index contributed by atoms with van der Waals surface area (Å²) in [5.41, 5.74) is 3.40. The van der Waals surface area contributed by atoms with E-state index in [1.54, 1.807) is 0 Å². The van der Waals surface area contributed by atoms with Gasteiger partial charge in [-0.05, 0) is 31.4 Å². The van der Waals surface area contributed by atoms with Crippen LogP contribution in [-0.4, -0.2) is 21.9 Å². The summed E-state index contributed by atoms with van der Waals surface area (Å²) in [6, 6.07) is 7.82. The minimum atomic E-state index is -0.0298. The fraction of sp³-hybridized carbons (Fsp3) is 0.438. The van der Waals surface area contributed by atoms with Crippen LogP contribution >= 0.6 is 0 Å². The molecule has 1 aromatic heterocycles. The molecule has 0 saturated heterocycles. The number of aliphatic hydroxyl groups excluding tert-OH is 1. The number of para-hydroxylation sites is 1. The standard InChI is InChI=1S/C16H22N2O2/c1-11(2)8-9-20-15-7-5-4-6-13(15)16-14(10-19)12(3)17-18-16/h4-7,11,19H,8-10H2,1-3H3,(H,17,18). The number of rotatable bonds is 6. The molecule has 2 N–H and O–H groups in total. The van der Waals surface area contributed by atoms with Gasteiger partial charge in [-0.3, -0.25) is 5.10 Å². The van der Waals surface area contributed by atoms with Crippen LogP contribution in [0.5, 0.6) is 5.75 Å². The maximum Gasteiger partial charge on any atom is 0.128 e. The molecule has 1 aromatic carbocycles. The van der Waals surface area contributed by atoms with E-state index in [4.69, 9.17) is 4.74 Å². The van der Waals surface area contributed by atoms with Gasteiger partial charge in [-0.2, -0.15) is 5.10 Å². The predicted molar refractivity (Wildman–Crippen MR) is 79.6 cm³/mol. The van der Waals surface area contributed by atoms with Crippen LogP contribution in [0.1, 0.15) is 31.5 Å². The average Bonchev–Trinajstić information content (AvgIpc) is 2.80. The van der Waals surface area contributed by atoms with Gasteiger partial charge in [0.15, 0.2) is 0 Å². The third-order valence-electron chi connectivity index (χ3n) is 3.33. The Morgan fingerprint density at radius 1 is 1.30 bits per heavy atom. The molecule has 0 aliphatic heterocycles. The molecular weight excluding hydrogens is 252 g/mol. The van der Waals surface area contributed by atoms with Crippen molar-refractivity contribution in [2.75, 3.05) is 6.61 Å². The van der Waals surface area contributed by atoms with Crippen molar-refractivity contribution in [1.82, 2.24) is 10.2 Å². The topological polar surface area (TPSA) is 58.1 Å². The highest BCUT2D eigenvalue weighted by Gasteiger charge is 2.15. The van der Waals surface area contributed by atoms with Crippen LogP contribution in [0.25, 0.3) is 11.3 Å². The maximum atomic E-state index is 9.49. The van der Waals surface area contributed by atoms with Crippen molar-refractivity contribution in [3.8, 4) is 17.0 Å². The molecule has 2 rings (SSSR count). The number of hydrogen-bond donors (Lipinski definition) is 2. The highest BCUT2D eigenvalue weighted by molar-refractivity contribution is 5.70. The lowest BCUT2D eigenvalue weighted by molar-refractivity contribution is 0.281. The van der Waals surface area contributed by atoms with Gasteiger partial charge in [-0.25, -0.2) is 0 Å². The molecule has 2 aromatic rings. The van der Waals surface area contributed by atoms with Crippen molar-refractivity contribution < 1.29 is 9.84 Å². The number of H-pyrrole nitrogens is 1. The molecular formula is C16H22N2O2. The molecule has 0 aliphatic carbocycles. The van der Waals surface area contributed by atoms with Gasteiger partial charge < -0.3 is 9.84 Å². The Bertz CT molecular complexity index is 561. The number of ether oxygens (including phenoxy) is 1. The zero-order chi connectivity index (χ0) is 14.5. The summed E-state index contributed by atoms with van der Waals surface area (Å²) in [4.78, 5) is 0. The van der Waals surface area contributed by atoms with E-state index in [9.17, 15) is 5.11 Å². The van der Waals surface area contributed by atoms with Crippen molar-refractivity contribution in [3.63, 3.8) is 0 Å². The SMILES string of the molecule is Cc1[nH]nc(-c2ccccc2OCCC(C)C)c1CO. The summed E-state index contributed by atoms with van der Waals surface area (Å²) in [5, 5.41) is 16.7. The largest absolute Gasteiger partial charge is 0.493 e. The third kappa shape index (κ3) is 3.20. The van der Waals surface area contributed by atoms with Gasteiger partial charge in [0.1, 0.15) is 11.4 Å². The number of nitrogens with zero attached hydrogens (tertiary/aromatic N) is 1. The fourth-order valence-corrected chi connectivity index (χ4v) is 2.06. The van der Waals surface area contributed by atoms with Gasteiger partial charge in [0.2, 0.25) is 0 Å². The van der Waals surface area contributed by atoms with E-state index in [1.807, 2.05) is 31.2 Å². The zero-order valence-electron chi connectivity index (χ0n) is 12.3. The van der Waals surface area contributed by atoms with Gasteiger partial charge in [0.25, 0.3) is 0 Å². The number of nitrogens with one attached hydrogen (secondary N) is 1. The summed E-state index contributed by atoms with van der Waals surface area (Å²) < 4.78 is 5.88. The molecule has 108 valence electrons. The molecule has 1 heterocycles. The number of aromatic amines is 1. The van der Waals surface area contributed by atoms with Crippen molar-refractivity contribution >= 4 is 0 Å². The summed E-state index contributed by atoms with van der Waals surface area (Å²) in [7, 11) is 0. The van der Waals surface area contributed by atoms with Gasteiger partial charge in [0, 0.05) is 16.8 Å². The quantitative estimate of drug-likeness (QED) is 0.849. The molecule has 0 saturated carbocycles. The Balaban J connectivity index is 2.27. The summed E-state index contributed by atoms with van der Waals surface area (Å²) in [5.74, 6) is 1.43. The minimum absolute atomic E-state index is 0.0298. The van der Waals surface area contributed by atoms with Gasteiger partial charge in [-0.15, -0.1) is 0 Å². The van der Waals surface area contributed by atoms with E-state index in [0.717, 1.165) is 34.7 Å². The normalized spacial score (nSPS) is 11.1. The Hall–Kier alpha value is -1.81. The van der Waals surface area contributed by atoms with Crippen LogP contribution in [-0.2, 0) is 6.61 Å². The molecule has 0 bridgehead atoms. The fourth-order valence-electron chi connectivity index (χ4n) is 2.06. The van der Waals surface area contributed by atoms with E-state index < -0.39 is 0 Å². The molecule has 0 amide bonds. The van der Waals surface area contributed by atoms with Crippen molar-refractivity contribution in [3.05, 3.63) is 35.5 Å². The van der Waals surface area contributed by atoms with Gasteiger partial charge in [0.05, 0.1) is 13.2 Å². The van der Waals surface area contributed by atoms with Crippen molar-refractivity contribution in [2.45, 2.75) is 33.8 Å². The molecule has 4 heteroatoms. The second-order valence-electron chi connectivity index (χ2n) is 5.36. The monoisotopic (exact) mass is 274 g/mol.